The molecule has 1 aliphatic rings. The maximum Gasteiger partial charge on any atom is 0.303 e. The van der Waals surface area contributed by atoms with Crippen molar-refractivity contribution < 1.29 is 42.8 Å². The van der Waals surface area contributed by atoms with Crippen molar-refractivity contribution in [1.82, 2.24) is 19.1 Å². The topological polar surface area (TPSA) is 159 Å². The first-order valence-electron chi connectivity index (χ1n) is 10.3. The van der Waals surface area contributed by atoms with Gasteiger partial charge in [-0.25, -0.2) is 9.97 Å². The van der Waals surface area contributed by atoms with Gasteiger partial charge in [0.1, 0.15) is 25.8 Å². The Morgan fingerprint density at radius 3 is 2.35 bits per heavy atom. The molecule has 14 heteroatoms. The highest BCUT2D eigenvalue weighted by molar-refractivity contribution is 5.70. The highest BCUT2D eigenvalue weighted by Gasteiger charge is 2.51. The quantitative estimate of drug-likeness (QED) is 0.244. The zero-order valence-corrected chi connectivity index (χ0v) is 19.2. The molecule has 34 heavy (non-hydrogen) atoms. The second-order valence-corrected chi connectivity index (χ2v) is 7.39. The van der Waals surface area contributed by atoms with Crippen LogP contribution < -0.4 is 5.56 Å². The molecule has 3 heterocycles. The van der Waals surface area contributed by atoms with E-state index in [1.807, 2.05) is 0 Å². The van der Waals surface area contributed by atoms with E-state index in [9.17, 15) is 19.2 Å². The van der Waals surface area contributed by atoms with Gasteiger partial charge in [-0.15, -0.1) is 0 Å². The minimum Gasteiger partial charge on any atom is -0.463 e. The lowest BCUT2D eigenvalue weighted by molar-refractivity contribution is -0.166. The Morgan fingerprint density at radius 2 is 1.71 bits per heavy atom. The Balaban J connectivity index is 1.94. The molecule has 1 saturated heterocycles. The average Bonchev–Trinajstić information content (AvgIpc) is 3.33. The van der Waals surface area contributed by atoms with Crippen molar-refractivity contribution in [2.45, 2.75) is 52.0 Å². The fraction of sp³-hybridized carbons (Fsp3) is 0.600. The van der Waals surface area contributed by atoms with Gasteiger partial charge in [0, 0.05) is 27.9 Å². The van der Waals surface area contributed by atoms with Crippen molar-refractivity contribution in [3.63, 3.8) is 0 Å². The van der Waals surface area contributed by atoms with Gasteiger partial charge in [0.05, 0.1) is 19.5 Å². The van der Waals surface area contributed by atoms with Crippen LogP contribution in [0.25, 0.3) is 11.2 Å². The van der Waals surface area contributed by atoms with Crippen LogP contribution in [0.4, 0.5) is 0 Å². The third-order valence-electron chi connectivity index (χ3n) is 4.83. The molecule has 3 rings (SSSR count). The Labute approximate surface area is 193 Å². The number of carbonyl (C=O) groups excluding carboxylic acids is 3. The molecule has 0 aromatic carbocycles. The Hall–Kier alpha value is -3.36. The highest BCUT2D eigenvalue weighted by Crippen LogP contribution is 2.35. The minimum atomic E-state index is -1.12. The molecule has 4 atom stereocenters. The number of aromatic nitrogens is 4. The normalized spacial score (nSPS) is 22.0. The van der Waals surface area contributed by atoms with Gasteiger partial charge < -0.3 is 28.4 Å². The zero-order valence-electron chi connectivity index (χ0n) is 19.2. The van der Waals surface area contributed by atoms with Gasteiger partial charge in [-0.3, -0.25) is 28.3 Å². The van der Waals surface area contributed by atoms with Gasteiger partial charge in [0.15, 0.2) is 29.6 Å². The van der Waals surface area contributed by atoms with E-state index in [0.717, 1.165) is 0 Å². The lowest BCUT2D eigenvalue weighted by Crippen LogP contribution is -2.40. The van der Waals surface area contributed by atoms with Crippen LogP contribution in [0.3, 0.4) is 0 Å². The molecule has 0 spiro atoms. The highest BCUT2D eigenvalue weighted by atomic mass is 16.7. The summed E-state index contributed by atoms with van der Waals surface area (Å²) < 4.78 is 34.6. The third kappa shape index (κ3) is 5.76. The minimum absolute atomic E-state index is 0.0236. The van der Waals surface area contributed by atoms with Crippen LogP contribution in [0.15, 0.2) is 17.4 Å². The van der Waals surface area contributed by atoms with Crippen molar-refractivity contribution in [2.24, 2.45) is 0 Å². The second kappa shape index (κ2) is 11.2. The van der Waals surface area contributed by atoms with Crippen LogP contribution in [0.2, 0.25) is 0 Å². The molecule has 0 saturated carbocycles. The summed E-state index contributed by atoms with van der Waals surface area (Å²) in [6.45, 7) is 3.94. The maximum absolute atomic E-state index is 12.8. The number of imidazole rings is 1. The zero-order chi connectivity index (χ0) is 24.8. The molecule has 0 amide bonds. The van der Waals surface area contributed by atoms with Gasteiger partial charge in [-0.1, -0.05) is 0 Å². The Bertz CT molecular complexity index is 1100. The van der Waals surface area contributed by atoms with E-state index in [-0.39, 0.29) is 31.1 Å². The van der Waals surface area contributed by atoms with E-state index < -0.39 is 48.0 Å². The number of fused-ring (bicyclic) bond motifs is 1. The molecule has 2 unspecified atom stereocenters. The van der Waals surface area contributed by atoms with Gasteiger partial charge in [0.2, 0.25) is 0 Å². The largest absolute Gasteiger partial charge is 0.463 e. The standard InChI is InChI=1S/C20H26N4O10/c1-11(25)31-7-14-16(32-12(2)26)17(33-13(3)27)20(34-14)24-9-21-15-18(24)22-8-23(19(15)28)10-30-6-5-29-4/h8-9,14,16-17,20H,5-7,10H2,1-4H3/t14-,16?,17?,20-/m1/s1. The summed E-state index contributed by atoms with van der Waals surface area (Å²) in [5, 5.41) is 0. The lowest BCUT2D eigenvalue weighted by atomic mass is 10.1. The van der Waals surface area contributed by atoms with Gasteiger partial charge in [0.25, 0.3) is 5.56 Å². The number of carbonyl (C=O) groups is 3. The summed E-state index contributed by atoms with van der Waals surface area (Å²) in [5.74, 6) is -1.87. The fourth-order valence-corrected chi connectivity index (χ4v) is 3.45. The Morgan fingerprint density at radius 1 is 1.00 bits per heavy atom. The van der Waals surface area contributed by atoms with E-state index in [4.69, 9.17) is 28.4 Å². The summed E-state index contributed by atoms with van der Waals surface area (Å²) in [6.07, 6.45) is -1.65. The molecule has 0 bridgehead atoms. The molecule has 186 valence electrons. The molecule has 0 radical (unpaired) electrons. The molecule has 0 N–H and O–H groups in total. The number of hydrogen-bond donors (Lipinski definition) is 0. The van der Waals surface area contributed by atoms with Crippen LogP contribution in [-0.4, -0.2) is 82.3 Å². The van der Waals surface area contributed by atoms with Crippen LogP contribution in [0.1, 0.15) is 27.0 Å². The van der Waals surface area contributed by atoms with E-state index in [1.165, 1.54) is 49.7 Å². The SMILES string of the molecule is COCCOCn1cnc2c(ncn2[C@@H]2O[C@H](COC(C)=O)C(OC(C)=O)C2OC(C)=O)c1=O. The smallest absolute Gasteiger partial charge is 0.303 e. The molecule has 2 aromatic rings. The lowest BCUT2D eigenvalue weighted by Gasteiger charge is -2.23. The molecule has 2 aromatic heterocycles. The number of rotatable bonds is 10. The molecular formula is C20H26N4O10. The van der Waals surface area contributed by atoms with Crippen LogP contribution >= 0.6 is 0 Å². The number of hydrogen-bond acceptors (Lipinski definition) is 12. The van der Waals surface area contributed by atoms with Crippen molar-refractivity contribution in [3.8, 4) is 0 Å². The van der Waals surface area contributed by atoms with Crippen molar-refractivity contribution in [1.29, 1.82) is 0 Å². The Kier molecular flexibility index (Phi) is 8.31. The molecule has 14 nitrogen and oxygen atoms in total. The van der Waals surface area contributed by atoms with Crippen LogP contribution in [0.5, 0.6) is 0 Å². The number of esters is 3. The predicted octanol–water partition coefficient (Wildman–Crippen LogP) is -0.463. The fourth-order valence-electron chi connectivity index (χ4n) is 3.45. The summed E-state index contributed by atoms with van der Waals surface area (Å²) in [7, 11) is 1.53. The average molecular weight is 482 g/mol. The maximum atomic E-state index is 12.8. The third-order valence-corrected chi connectivity index (χ3v) is 4.83. The number of nitrogens with zero attached hydrogens (tertiary/aromatic N) is 4. The monoisotopic (exact) mass is 482 g/mol. The van der Waals surface area contributed by atoms with E-state index in [2.05, 4.69) is 9.97 Å². The summed E-state index contributed by atoms with van der Waals surface area (Å²) >= 11 is 0. The molecular weight excluding hydrogens is 456 g/mol. The van der Waals surface area contributed by atoms with Gasteiger partial charge >= 0.3 is 17.9 Å². The first-order valence-corrected chi connectivity index (χ1v) is 10.3. The molecule has 1 fully saturated rings. The first kappa shape index (κ1) is 25.3. The van der Waals surface area contributed by atoms with Crippen molar-refractivity contribution in [2.75, 3.05) is 26.9 Å². The van der Waals surface area contributed by atoms with Gasteiger partial charge in [-0.2, -0.15) is 0 Å². The number of methoxy groups -OCH3 is 1. The number of ether oxygens (including phenoxy) is 6. The van der Waals surface area contributed by atoms with Gasteiger partial charge in [-0.05, 0) is 0 Å². The van der Waals surface area contributed by atoms with E-state index in [1.54, 1.807) is 0 Å². The van der Waals surface area contributed by atoms with E-state index in [0.29, 0.717) is 6.61 Å². The first-order chi connectivity index (χ1) is 16.2. The van der Waals surface area contributed by atoms with E-state index >= 15 is 0 Å². The predicted molar refractivity (Wildman–Crippen MR) is 111 cm³/mol. The summed E-state index contributed by atoms with van der Waals surface area (Å²) in [5.41, 5.74) is -0.290. The molecule has 0 aliphatic carbocycles. The molecule has 1 aliphatic heterocycles. The van der Waals surface area contributed by atoms with Crippen molar-refractivity contribution >= 4 is 29.1 Å². The second-order valence-electron chi connectivity index (χ2n) is 7.39. The summed E-state index contributed by atoms with van der Waals surface area (Å²) in [4.78, 5) is 56.1. The van der Waals surface area contributed by atoms with Crippen molar-refractivity contribution in [3.05, 3.63) is 23.0 Å². The van der Waals surface area contributed by atoms with Crippen LogP contribution in [-0.2, 0) is 49.5 Å². The summed E-state index contributed by atoms with van der Waals surface area (Å²) in [6, 6.07) is 0. The van der Waals surface area contributed by atoms with Crippen LogP contribution in [0, 0.1) is 0 Å².